The van der Waals surface area contributed by atoms with E-state index in [9.17, 15) is 14.7 Å². The molecular formula is C22H30N4O4. The molecule has 0 bridgehead atoms. The Bertz CT molecular complexity index is 1020. The molecule has 0 spiro atoms. The number of ether oxygens (including phenoxy) is 1. The Labute approximate surface area is 175 Å². The van der Waals surface area contributed by atoms with Crippen molar-refractivity contribution in [3.05, 3.63) is 27.7 Å². The molecule has 8 heteroatoms. The molecule has 1 aliphatic carbocycles. The molecule has 0 aromatic carbocycles. The molecule has 162 valence electrons. The highest BCUT2D eigenvalue weighted by Crippen LogP contribution is 2.38. The number of aryl methyl sites for hydroxylation is 1. The van der Waals surface area contributed by atoms with Crippen LogP contribution in [0, 0.1) is 12.8 Å². The Morgan fingerprint density at radius 2 is 2.17 bits per heavy atom. The summed E-state index contributed by atoms with van der Waals surface area (Å²) in [5.74, 6) is 0.534. The molecule has 8 nitrogen and oxygen atoms in total. The van der Waals surface area contributed by atoms with Crippen LogP contribution in [0.15, 0.2) is 11.0 Å². The van der Waals surface area contributed by atoms with Crippen molar-refractivity contribution in [1.82, 2.24) is 14.5 Å². The quantitative estimate of drug-likeness (QED) is 0.724. The van der Waals surface area contributed by atoms with Gasteiger partial charge in [0, 0.05) is 24.2 Å². The molecule has 2 N–H and O–H groups in total. The van der Waals surface area contributed by atoms with E-state index in [1.165, 1.54) is 6.92 Å². The molecule has 2 aromatic rings. The minimum absolute atomic E-state index is 0.0279. The number of nitrogens with one attached hydrogen (secondary N) is 1. The van der Waals surface area contributed by atoms with E-state index >= 15 is 0 Å². The van der Waals surface area contributed by atoms with E-state index in [-0.39, 0.29) is 35.6 Å². The first-order chi connectivity index (χ1) is 14.4. The van der Waals surface area contributed by atoms with Crippen LogP contribution in [0.1, 0.15) is 67.9 Å². The number of Topliss-reactive ketones (excluding diaryl/α,β-unsaturated/α-hetero) is 1. The second-order valence-corrected chi connectivity index (χ2v) is 8.51. The average Bonchev–Trinajstić information content (AvgIpc) is 3.18. The van der Waals surface area contributed by atoms with E-state index in [0.29, 0.717) is 36.1 Å². The SMILES string of the molecule is CC[C@H]1CCC[C@H]1n1c(=O)c(C(C)=O)c(C)c2cnc(N[C@@H]3CCOC[C@H]3O)nc21. The molecule has 30 heavy (non-hydrogen) atoms. The number of aliphatic hydroxyl groups excluding tert-OH is 1. The zero-order valence-electron chi connectivity index (χ0n) is 17.9. The first-order valence-corrected chi connectivity index (χ1v) is 10.9. The van der Waals surface area contributed by atoms with Gasteiger partial charge in [0.05, 0.1) is 24.3 Å². The highest BCUT2D eigenvalue weighted by atomic mass is 16.5. The summed E-state index contributed by atoms with van der Waals surface area (Å²) in [4.78, 5) is 34.9. The standard InChI is InChI=1S/C22H30N4O4/c1-4-14-6-5-7-17(14)26-20-15(12(2)19(13(3)27)21(26)29)10-23-22(25-20)24-16-8-9-30-11-18(16)28/h10,14,16-18,28H,4-9,11H2,1-3H3,(H,23,24,25)/t14-,16+,17+,18+/m0/s1. The van der Waals surface area contributed by atoms with Crippen molar-refractivity contribution in [2.45, 2.75) is 71.1 Å². The third-order valence-corrected chi connectivity index (χ3v) is 6.68. The summed E-state index contributed by atoms with van der Waals surface area (Å²) >= 11 is 0. The maximum Gasteiger partial charge on any atom is 0.263 e. The summed E-state index contributed by atoms with van der Waals surface area (Å²) in [7, 11) is 0. The number of hydrogen-bond donors (Lipinski definition) is 2. The van der Waals surface area contributed by atoms with Crippen molar-refractivity contribution in [3.8, 4) is 0 Å². The Kier molecular flexibility index (Phi) is 5.88. The van der Waals surface area contributed by atoms with E-state index in [0.717, 1.165) is 31.1 Å². The van der Waals surface area contributed by atoms with Gasteiger partial charge < -0.3 is 15.2 Å². The van der Waals surface area contributed by atoms with E-state index in [4.69, 9.17) is 9.72 Å². The van der Waals surface area contributed by atoms with Crippen LogP contribution >= 0.6 is 0 Å². The third-order valence-electron chi connectivity index (χ3n) is 6.68. The summed E-state index contributed by atoms with van der Waals surface area (Å²) in [6, 6.07) is -0.177. The fraction of sp³-hybridized carbons (Fsp3) is 0.636. The molecule has 4 atom stereocenters. The number of carbonyl (C=O) groups is 1. The number of hydrogen-bond acceptors (Lipinski definition) is 7. The van der Waals surface area contributed by atoms with Crippen molar-refractivity contribution in [2.24, 2.45) is 5.92 Å². The summed E-state index contributed by atoms with van der Waals surface area (Å²) in [5, 5.41) is 14.1. The Hall–Kier alpha value is -2.32. The Morgan fingerprint density at radius 3 is 2.87 bits per heavy atom. The van der Waals surface area contributed by atoms with Crippen molar-refractivity contribution >= 4 is 22.8 Å². The number of carbonyl (C=O) groups excluding carboxylic acids is 1. The van der Waals surface area contributed by atoms with E-state index in [1.54, 1.807) is 17.7 Å². The van der Waals surface area contributed by atoms with Gasteiger partial charge in [-0.2, -0.15) is 4.98 Å². The molecule has 4 rings (SSSR count). The van der Waals surface area contributed by atoms with Crippen molar-refractivity contribution in [3.63, 3.8) is 0 Å². The number of fused-ring (bicyclic) bond motifs is 1. The van der Waals surface area contributed by atoms with Gasteiger partial charge in [0.2, 0.25) is 5.95 Å². The van der Waals surface area contributed by atoms with E-state index < -0.39 is 6.10 Å². The van der Waals surface area contributed by atoms with Crippen molar-refractivity contribution < 1.29 is 14.6 Å². The summed E-state index contributed by atoms with van der Waals surface area (Å²) in [6.07, 6.45) is 5.71. The van der Waals surface area contributed by atoms with Gasteiger partial charge >= 0.3 is 0 Å². The second-order valence-electron chi connectivity index (χ2n) is 8.51. The summed E-state index contributed by atoms with van der Waals surface area (Å²) in [5.41, 5.74) is 1.16. The molecule has 1 saturated heterocycles. The number of ketones is 1. The molecule has 0 radical (unpaired) electrons. The normalized spacial score (nSPS) is 26.8. The van der Waals surface area contributed by atoms with Crippen LogP contribution in [0.5, 0.6) is 0 Å². The molecule has 1 aliphatic heterocycles. The lowest BCUT2D eigenvalue weighted by molar-refractivity contribution is -0.0136. The number of aromatic nitrogens is 3. The second kappa shape index (κ2) is 8.43. The monoisotopic (exact) mass is 414 g/mol. The smallest absolute Gasteiger partial charge is 0.263 e. The zero-order valence-corrected chi connectivity index (χ0v) is 17.9. The fourth-order valence-electron chi connectivity index (χ4n) is 5.02. The van der Waals surface area contributed by atoms with Gasteiger partial charge in [-0.25, -0.2) is 4.98 Å². The van der Waals surface area contributed by atoms with Gasteiger partial charge in [-0.3, -0.25) is 14.2 Å². The van der Waals surface area contributed by atoms with Crippen LogP contribution in [0.2, 0.25) is 0 Å². The van der Waals surface area contributed by atoms with Crippen molar-refractivity contribution in [2.75, 3.05) is 18.5 Å². The molecule has 0 amide bonds. The van der Waals surface area contributed by atoms with Crippen LogP contribution in [-0.4, -0.2) is 50.8 Å². The lowest BCUT2D eigenvalue weighted by Gasteiger charge is -2.29. The molecule has 0 unspecified atom stereocenters. The maximum atomic E-state index is 13.5. The zero-order chi connectivity index (χ0) is 21.4. The lowest BCUT2D eigenvalue weighted by atomic mass is 9.98. The molecule has 2 aliphatic rings. The van der Waals surface area contributed by atoms with Crippen LogP contribution < -0.4 is 10.9 Å². The summed E-state index contributed by atoms with van der Waals surface area (Å²) < 4.78 is 7.03. The van der Waals surface area contributed by atoms with Gasteiger partial charge in [-0.1, -0.05) is 19.8 Å². The van der Waals surface area contributed by atoms with Crippen LogP contribution in [0.4, 0.5) is 5.95 Å². The summed E-state index contributed by atoms with van der Waals surface area (Å²) in [6.45, 7) is 6.21. The first-order valence-electron chi connectivity index (χ1n) is 10.9. The van der Waals surface area contributed by atoms with Gasteiger partial charge in [-0.15, -0.1) is 0 Å². The maximum absolute atomic E-state index is 13.5. The van der Waals surface area contributed by atoms with Crippen LogP contribution in [0.25, 0.3) is 11.0 Å². The third kappa shape index (κ3) is 3.63. The minimum Gasteiger partial charge on any atom is -0.389 e. The minimum atomic E-state index is -0.638. The Balaban J connectivity index is 1.87. The fourth-order valence-corrected chi connectivity index (χ4v) is 5.02. The van der Waals surface area contributed by atoms with E-state index in [1.807, 2.05) is 0 Å². The van der Waals surface area contributed by atoms with Gasteiger partial charge in [-0.05, 0) is 44.6 Å². The van der Waals surface area contributed by atoms with Crippen LogP contribution in [0.3, 0.4) is 0 Å². The van der Waals surface area contributed by atoms with Gasteiger partial charge in [0.1, 0.15) is 5.65 Å². The van der Waals surface area contributed by atoms with Gasteiger partial charge in [0.25, 0.3) is 5.56 Å². The number of pyridine rings is 1. The van der Waals surface area contributed by atoms with Crippen molar-refractivity contribution in [1.29, 1.82) is 0 Å². The lowest BCUT2D eigenvalue weighted by Crippen LogP contribution is -2.42. The molecule has 2 aromatic heterocycles. The highest BCUT2D eigenvalue weighted by molar-refractivity contribution is 5.99. The average molecular weight is 415 g/mol. The largest absolute Gasteiger partial charge is 0.389 e. The number of aliphatic hydroxyl groups is 1. The van der Waals surface area contributed by atoms with Crippen LogP contribution in [-0.2, 0) is 4.74 Å². The topological polar surface area (TPSA) is 106 Å². The van der Waals surface area contributed by atoms with Gasteiger partial charge in [0.15, 0.2) is 5.78 Å². The highest BCUT2D eigenvalue weighted by Gasteiger charge is 2.32. The predicted molar refractivity (Wildman–Crippen MR) is 114 cm³/mol. The number of rotatable bonds is 5. The predicted octanol–water partition coefficient (Wildman–Crippen LogP) is 2.62. The molecule has 3 heterocycles. The van der Waals surface area contributed by atoms with E-state index in [2.05, 4.69) is 17.2 Å². The molecular weight excluding hydrogens is 384 g/mol. The molecule has 1 saturated carbocycles. The Morgan fingerprint density at radius 1 is 1.37 bits per heavy atom. The number of anilines is 1. The number of nitrogens with zero attached hydrogens (tertiary/aromatic N) is 3. The molecule has 2 fully saturated rings. The first kappa shape index (κ1) is 20.9.